The van der Waals surface area contributed by atoms with Gasteiger partial charge in [0.25, 0.3) is 0 Å². The number of aromatic nitrogens is 3. The maximum atomic E-state index is 13.9. The van der Waals surface area contributed by atoms with Crippen molar-refractivity contribution in [3.05, 3.63) is 69.9 Å². The minimum atomic E-state index is -0.789. The molecule has 1 heterocycles. The van der Waals surface area contributed by atoms with E-state index in [9.17, 15) is 14.4 Å². The zero-order chi connectivity index (χ0) is 35.1. The zero-order valence-electron chi connectivity index (χ0n) is 28.3. The van der Waals surface area contributed by atoms with Crippen molar-refractivity contribution in [3.63, 3.8) is 0 Å². The van der Waals surface area contributed by atoms with Gasteiger partial charge in [0, 0.05) is 18.1 Å². The van der Waals surface area contributed by atoms with Crippen molar-refractivity contribution in [2.45, 2.75) is 38.3 Å². The number of nitrogens with one attached hydrogen (secondary N) is 4. The summed E-state index contributed by atoms with van der Waals surface area (Å²) in [5.74, 6) is 2.68. The minimum absolute atomic E-state index is 0.102. The number of hydrogen-bond donors (Lipinski definition) is 4. The first-order valence-electron chi connectivity index (χ1n) is 15.6. The molecule has 0 spiro atoms. The fourth-order valence-corrected chi connectivity index (χ4v) is 6.38. The number of nitrogens with zero attached hydrogens (tertiary/aromatic N) is 2. The Kier molecular flexibility index (Phi) is 11.3. The number of benzene rings is 2. The molecule has 13 nitrogen and oxygen atoms in total. The molecule has 1 aliphatic carbocycles. The molecule has 3 aromatic carbocycles. The van der Waals surface area contributed by atoms with Crippen LogP contribution in [0.25, 0.3) is 22.5 Å². The number of thioether (sulfide) groups is 1. The van der Waals surface area contributed by atoms with Crippen molar-refractivity contribution < 1.29 is 28.5 Å². The number of rotatable bonds is 13. The van der Waals surface area contributed by atoms with Crippen molar-refractivity contribution in [1.82, 2.24) is 20.5 Å². The van der Waals surface area contributed by atoms with Gasteiger partial charge in [-0.25, -0.2) is 0 Å². The summed E-state index contributed by atoms with van der Waals surface area (Å²) in [6.07, 6.45) is 3.47. The summed E-state index contributed by atoms with van der Waals surface area (Å²) in [5.41, 5.74) is 3.59. The van der Waals surface area contributed by atoms with Crippen LogP contribution in [-0.2, 0) is 16.0 Å². The van der Waals surface area contributed by atoms with E-state index >= 15 is 0 Å². The average Bonchev–Trinajstić information content (AvgIpc) is 3.45. The van der Waals surface area contributed by atoms with Crippen LogP contribution in [0.4, 0.5) is 11.6 Å². The number of amides is 2. The zero-order valence-corrected chi connectivity index (χ0v) is 29.1. The van der Waals surface area contributed by atoms with E-state index in [2.05, 4.69) is 31.1 Å². The lowest BCUT2D eigenvalue weighted by Crippen LogP contribution is -2.36. The van der Waals surface area contributed by atoms with Crippen LogP contribution in [0.5, 0.6) is 23.0 Å². The van der Waals surface area contributed by atoms with Gasteiger partial charge in [-0.05, 0) is 90.4 Å². The Hall–Kier alpha value is -5.24. The number of H-pyrrole nitrogens is 1. The number of hydrogen-bond acceptors (Lipinski definition) is 11. The summed E-state index contributed by atoms with van der Waals surface area (Å²) in [6.45, 7) is 1.45. The van der Waals surface area contributed by atoms with Gasteiger partial charge in [-0.1, -0.05) is 6.07 Å². The minimum Gasteiger partial charge on any atom is -0.497 e. The molecule has 0 aliphatic heterocycles. The Morgan fingerprint density at radius 1 is 1.00 bits per heavy atom. The van der Waals surface area contributed by atoms with Crippen LogP contribution in [0.15, 0.2) is 53.3 Å². The second-order valence-electron chi connectivity index (χ2n) is 11.3. The number of methoxy groups -OCH3 is 4. The molecule has 1 aliphatic rings. The van der Waals surface area contributed by atoms with E-state index < -0.39 is 18.0 Å². The first-order chi connectivity index (χ1) is 23.7. The van der Waals surface area contributed by atoms with E-state index in [1.165, 1.54) is 20.1 Å². The highest BCUT2D eigenvalue weighted by Gasteiger charge is 2.30. The molecule has 4 aromatic rings. The number of carbonyl (C=O) groups excluding carboxylic acids is 2. The van der Waals surface area contributed by atoms with Crippen molar-refractivity contribution in [2.24, 2.45) is 0 Å². The number of fused-ring (bicyclic) bond motifs is 3. The molecular weight excluding hydrogens is 648 g/mol. The summed E-state index contributed by atoms with van der Waals surface area (Å²) in [5, 5.41) is 16.0. The van der Waals surface area contributed by atoms with E-state index in [0.29, 0.717) is 65.0 Å². The lowest BCUT2D eigenvalue weighted by Gasteiger charge is -2.19. The standard InChI is InChI=1S/C35H40N6O7S/c1-19(42)36-25-13-9-21-17-29(46-3)31(47-4)32(48-5)30(21)23-12-14-26(28(43)18-24(23)25)37-27(15-16-49-6)34(44)39-35-38-33(40-41-35)20-7-10-22(45-2)11-8-20/h7-8,10-12,14,17-18,25,27H,9,13,15-16H2,1-6H3,(H,36,42)(H,37,43)(H2,38,39,40,41,44)/t25-,27-/m0/s1. The Balaban J connectivity index is 1.51. The van der Waals surface area contributed by atoms with Gasteiger partial charge in [0.15, 0.2) is 17.3 Å². The fraction of sp³-hybridized carbons (Fsp3) is 0.343. The van der Waals surface area contributed by atoms with Gasteiger partial charge in [0.05, 0.1) is 40.2 Å². The molecule has 5 rings (SSSR count). The molecule has 0 fully saturated rings. The number of aryl methyl sites for hydroxylation is 1. The Bertz CT molecular complexity index is 1880. The summed E-state index contributed by atoms with van der Waals surface area (Å²) in [7, 11) is 6.23. The molecule has 0 bridgehead atoms. The topological polar surface area (TPSA) is 166 Å². The van der Waals surface area contributed by atoms with Crippen LogP contribution in [0.3, 0.4) is 0 Å². The highest BCUT2D eigenvalue weighted by molar-refractivity contribution is 7.98. The van der Waals surface area contributed by atoms with Gasteiger partial charge < -0.3 is 29.6 Å². The molecule has 49 heavy (non-hydrogen) atoms. The predicted octanol–water partition coefficient (Wildman–Crippen LogP) is 4.83. The summed E-state index contributed by atoms with van der Waals surface area (Å²) >= 11 is 1.58. The van der Waals surface area contributed by atoms with E-state index in [1.54, 1.807) is 51.3 Å². The average molecular weight is 689 g/mol. The normalized spacial score (nSPS) is 14.0. The van der Waals surface area contributed by atoms with E-state index in [1.807, 2.05) is 30.5 Å². The molecule has 14 heteroatoms. The van der Waals surface area contributed by atoms with Crippen LogP contribution >= 0.6 is 11.8 Å². The number of carbonyl (C=O) groups is 2. The quantitative estimate of drug-likeness (QED) is 0.152. The Morgan fingerprint density at radius 3 is 2.41 bits per heavy atom. The summed E-state index contributed by atoms with van der Waals surface area (Å²) in [6, 6.07) is 12.9. The maximum Gasteiger partial charge on any atom is 0.249 e. The van der Waals surface area contributed by atoms with Crippen molar-refractivity contribution >= 4 is 35.2 Å². The Morgan fingerprint density at radius 2 is 1.76 bits per heavy atom. The SMILES string of the molecule is COc1ccc(-c2nc(NC(=O)[C@H](CCSC)Nc3ccc4c(cc3=O)[C@@H](NC(C)=O)CCc3cc(OC)c(OC)c(OC)c3-4)n[nH]2)cc1. The van der Waals surface area contributed by atoms with Gasteiger partial charge in [-0.15, -0.1) is 5.10 Å². The van der Waals surface area contributed by atoms with Crippen LogP contribution in [-0.4, -0.2) is 73.5 Å². The smallest absolute Gasteiger partial charge is 0.249 e. The van der Waals surface area contributed by atoms with Crippen molar-refractivity contribution in [3.8, 4) is 45.5 Å². The summed E-state index contributed by atoms with van der Waals surface area (Å²) < 4.78 is 22.4. The second kappa shape index (κ2) is 15.8. The molecule has 258 valence electrons. The van der Waals surface area contributed by atoms with Crippen molar-refractivity contribution in [1.29, 1.82) is 0 Å². The molecule has 4 N–H and O–H groups in total. The molecular formula is C35H40N6O7S. The number of anilines is 2. The van der Waals surface area contributed by atoms with E-state index in [-0.39, 0.29) is 23.0 Å². The van der Waals surface area contributed by atoms with Gasteiger partial charge in [0.1, 0.15) is 11.8 Å². The third kappa shape index (κ3) is 7.75. The molecule has 0 unspecified atom stereocenters. The van der Waals surface area contributed by atoms with Crippen LogP contribution in [0, 0.1) is 0 Å². The molecule has 0 radical (unpaired) electrons. The fourth-order valence-electron chi connectivity index (χ4n) is 5.91. The second-order valence-corrected chi connectivity index (χ2v) is 12.3. The molecule has 2 atom stereocenters. The lowest BCUT2D eigenvalue weighted by molar-refractivity contribution is -0.120. The van der Waals surface area contributed by atoms with E-state index in [4.69, 9.17) is 18.9 Å². The van der Waals surface area contributed by atoms with Crippen LogP contribution in [0.2, 0.25) is 0 Å². The van der Waals surface area contributed by atoms with Crippen molar-refractivity contribution in [2.75, 3.05) is 51.1 Å². The summed E-state index contributed by atoms with van der Waals surface area (Å²) in [4.78, 5) is 44.2. The monoisotopic (exact) mass is 688 g/mol. The van der Waals surface area contributed by atoms with E-state index in [0.717, 1.165) is 16.7 Å². The van der Waals surface area contributed by atoms with Gasteiger partial charge in [0.2, 0.25) is 28.9 Å². The van der Waals surface area contributed by atoms with Gasteiger partial charge in [-0.2, -0.15) is 16.7 Å². The number of ether oxygens (including phenoxy) is 4. The first kappa shape index (κ1) is 35.1. The predicted molar refractivity (Wildman–Crippen MR) is 190 cm³/mol. The lowest BCUT2D eigenvalue weighted by atomic mass is 9.95. The number of aromatic amines is 1. The van der Waals surface area contributed by atoms with Crippen LogP contribution < -0.4 is 40.3 Å². The molecule has 2 amide bonds. The highest BCUT2D eigenvalue weighted by Crippen LogP contribution is 2.50. The Labute approximate surface area is 288 Å². The van der Waals surface area contributed by atoms with Gasteiger partial charge in [-0.3, -0.25) is 24.8 Å². The third-order valence-corrected chi connectivity index (χ3v) is 8.90. The molecule has 1 aromatic heterocycles. The molecule has 0 saturated carbocycles. The third-order valence-electron chi connectivity index (χ3n) is 8.26. The van der Waals surface area contributed by atoms with Gasteiger partial charge >= 0.3 is 0 Å². The first-order valence-corrected chi connectivity index (χ1v) is 17.0. The molecule has 0 saturated heterocycles. The largest absolute Gasteiger partial charge is 0.497 e. The van der Waals surface area contributed by atoms with Crippen LogP contribution in [0.1, 0.15) is 36.9 Å². The highest BCUT2D eigenvalue weighted by atomic mass is 32.2. The maximum absolute atomic E-state index is 13.9.